The van der Waals surface area contributed by atoms with E-state index in [1.807, 2.05) is 61.5 Å². The molecule has 0 spiro atoms. The second-order valence-electron chi connectivity index (χ2n) is 9.05. The topological polar surface area (TPSA) is 144 Å². The van der Waals surface area contributed by atoms with Gasteiger partial charge in [0, 0.05) is 12.5 Å². The van der Waals surface area contributed by atoms with E-state index in [1.54, 1.807) is 6.92 Å². The predicted molar refractivity (Wildman–Crippen MR) is 135 cm³/mol. The monoisotopic (exact) mass is 508 g/mol. The smallest absolute Gasteiger partial charge is 0.317 e. The highest BCUT2D eigenvalue weighted by Gasteiger charge is 2.38. The maximum atomic E-state index is 12.8. The summed E-state index contributed by atoms with van der Waals surface area (Å²) in [6.07, 6.45) is 2.58. The molecule has 10 nitrogen and oxygen atoms in total. The van der Waals surface area contributed by atoms with E-state index >= 15 is 0 Å². The number of nitrogens with one attached hydrogen (secondary N) is 2. The third-order valence-corrected chi connectivity index (χ3v) is 5.94. The van der Waals surface area contributed by atoms with Gasteiger partial charge in [-0.2, -0.15) is 0 Å². The lowest BCUT2D eigenvalue weighted by atomic mass is 9.82. The number of aliphatic hydroxyl groups excluding tert-OH is 1. The Balaban J connectivity index is 1.73. The summed E-state index contributed by atoms with van der Waals surface area (Å²) in [7, 11) is 0. The summed E-state index contributed by atoms with van der Waals surface area (Å²) in [5.41, 5.74) is 1.87. The second kappa shape index (κ2) is 13.3. The van der Waals surface area contributed by atoms with Crippen LogP contribution in [0.2, 0.25) is 0 Å². The second-order valence-corrected chi connectivity index (χ2v) is 9.05. The van der Waals surface area contributed by atoms with Crippen molar-refractivity contribution in [2.75, 3.05) is 13.4 Å². The van der Waals surface area contributed by atoms with Crippen molar-refractivity contribution < 1.29 is 29.0 Å². The summed E-state index contributed by atoms with van der Waals surface area (Å²) in [6, 6.07) is 17.3. The number of rotatable bonds is 13. The number of benzene rings is 2. The molecule has 196 valence electrons. The molecule has 37 heavy (non-hydrogen) atoms. The maximum absolute atomic E-state index is 12.8. The van der Waals surface area contributed by atoms with Crippen molar-refractivity contribution >= 4 is 17.8 Å². The van der Waals surface area contributed by atoms with Crippen LogP contribution in [0.25, 0.3) is 11.1 Å². The van der Waals surface area contributed by atoms with Gasteiger partial charge in [-0.05, 0) is 42.9 Å². The average Bonchev–Trinajstić information content (AvgIpc) is 3.45. The molecule has 0 saturated carbocycles. The highest BCUT2D eigenvalue weighted by atomic mass is 16.7. The number of ether oxygens (including phenoxy) is 2. The molecule has 0 aliphatic heterocycles. The van der Waals surface area contributed by atoms with Crippen molar-refractivity contribution in [1.82, 2.24) is 20.7 Å². The quantitative estimate of drug-likeness (QED) is 0.236. The van der Waals surface area contributed by atoms with Crippen LogP contribution in [0, 0.1) is 5.41 Å². The van der Waals surface area contributed by atoms with Gasteiger partial charge in [-0.1, -0.05) is 66.7 Å². The van der Waals surface area contributed by atoms with Gasteiger partial charge in [-0.25, -0.2) is 0 Å². The third-order valence-electron chi connectivity index (χ3n) is 5.94. The largest absolute Gasteiger partial charge is 0.428 e. The molecule has 3 N–H and O–H groups in total. The number of aromatic nitrogens is 3. The Bertz CT molecular complexity index is 1150. The SMILES string of the molecule is CCCC(=O)OCOC(=O)C(C)(CO)C[C@@H](Cc1ccc(-c2ccccc2)cc1)NC(=O)c1cnn[nH]1. The fraction of sp³-hybridized carbons (Fsp3) is 0.370. The molecule has 0 aliphatic carbocycles. The number of hydrogen-bond acceptors (Lipinski definition) is 8. The zero-order chi connectivity index (χ0) is 26.7. The number of aromatic amines is 1. The zero-order valence-corrected chi connectivity index (χ0v) is 21.0. The van der Waals surface area contributed by atoms with Gasteiger partial charge >= 0.3 is 11.9 Å². The molecule has 2 atom stereocenters. The lowest BCUT2D eigenvalue weighted by molar-refractivity contribution is -0.176. The van der Waals surface area contributed by atoms with E-state index < -0.39 is 42.7 Å². The predicted octanol–water partition coefficient (Wildman–Crippen LogP) is 3.05. The van der Waals surface area contributed by atoms with E-state index in [2.05, 4.69) is 20.7 Å². The Morgan fingerprint density at radius 3 is 2.38 bits per heavy atom. The molecule has 0 bridgehead atoms. The van der Waals surface area contributed by atoms with Crippen LogP contribution < -0.4 is 5.32 Å². The van der Waals surface area contributed by atoms with Crippen molar-refractivity contribution in [2.24, 2.45) is 5.41 Å². The first-order valence-electron chi connectivity index (χ1n) is 12.1. The summed E-state index contributed by atoms with van der Waals surface area (Å²) in [4.78, 5) is 37.1. The number of nitrogens with zero attached hydrogens (tertiary/aromatic N) is 2. The summed E-state index contributed by atoms with van der Waals surface area (Å²) < 4.78 is 10.0. The molecule has 1 amide bonds. The molecule has 0 fully saturated rings. The minimum absolute atomic E-state index is 0.0684. The number of carbonyl (C=O) groups is 3. The van der Waals surface area contributed by atoms with Crippen molar-refractivity contribution in [3.05, 3.63) is 72.1 Å². The van der Waals surface area contributed by atoms with Crippen LogP contribution >= 0.6 is 0 Å². The number of H-pyrrole nitrogens is 1. The highest BCUT2D eigenvalue weighted by Crippen LogP contribution is 2.27. The minimum atomic E-state index is -1.36. The van der Waals surface area contributed by atoms with Crippen molar-refractivity contribution in [3.8, 4) is 11.1 Å². The summed E-state index contributed by atoms with van der Waals surface area (Å²) in [5.74, 6) is -1.66. The molecule has 0 saturated heterocycles. The average molecular weight is 509 g/mol. The fourth-order valence-corrected chi connectivity index (χ4v) is 3.85. The minimum Gasteiger partial charge on any atom is -0.428 e. The van der Waals surface area contributed by atoms with Crippen molar-refractivity contribution in [1.29, 1.82) is 0 Å². The van der Waals surface area contributed by atoms with Gasteiger partial charge in [-0.3, -0.25) is 19.5 Å². The van der Waals surface area contributed by atoms with Crippen LogP contribution in [-0.2, 0) is 25.5 Å². The molecular weight excluding hydrogens is 476 g/mol. The van der Waals surface area contributed by atoms with Gasteiger partial charge in [0.05, 0.1) is 18.2 Å². The van der Waals surface area contributed by atoms with E-state index in [1.165, 1.54) is 6.20 Å². The van der Waals surface area contributed by atoms with Crippen LogP contribution in [-0.4, -0.2) is 57.8 Å². The zero-order valence-electron chi connectivity index (χ0n) is 21.0. The molecule has 0 aliphatic rings. The van der Waals surface area contributed by atoms with Gasteiger partial charge < -0.3 is 19.9 Å². The van der Waals surface area contributed by atoms with Gasteiger partial charge in [0.1, 0.15) is 5.69 Å². The Kier molecular flexibility index (Phi) is 9.91. The van der Waals surface area contributed by atoms with E-state index in [4.69, 9.17) is 9.47 Å². The Labute approximate surface area is 215 Å². The van der Waals surface area contributed by atoms with Crippen LogP contribution in [0.15, 0.2) is 60.8 Å². The van der Waals surface area contributed by atoms with Crippen LogP contribution in [0.1, 0.15) is 49.2 Å². The Morgan fingerprint density at radius 1 is 1.05 bits per heavy atom. The molecule has 3 aromatic rings. The lowest BCUT2D eigenvalue weighted by Gasteiger charge is -2.30. The van der Waals surface area contributed by atoms with Crippen LogP contribution in [0.5, 0.6) is 0 Å². The summed E-state index contributed by atoms with van der Waals surface area (Å²) in [6.45, 7) is 2.31. The molecule has 0 radical (unpaired) electrons. The number of aliphatic hydroxyl groups is 1. The Morgan fingerprint density at radius 2 is 1.76 bits per heavy atom. The highest BCUT2D eigenvalue weighted by molar-refractivity contribution is 5.92. The van der Waals surface area contributed by atoms with Crippen molar-refractivity contribution in [3.63, 3.8) is 0 Å². The molecule has 1 aromatic heterocycles. The van der Waals surface area contributed by atoms with E-state index in [-0.39, 0.29) is 18.5 Å². The van der Waals surface area contributed by atoms with Gasteiger partial charge in [0.15, 0.2) is 0 Å². The normalized spacial score (nSPS) is 13.3. The molecule has 1 heterocycles. The number of hydrogen-bond donors (Lipinski definition) is 3. The Hall–Kier alpha value is -4.05. The number of carbonyl (C=O) groups excluding carboxylic acids is 3. The van der Waals surface area contributed by atoms with Crippen LogP contribution in [0.4, 0.5) is 0 Å². The molecule has 2 aromatic carbocycles. The van der Waals surface area contributed by atoms with E-state index in [0.717, 1.165) is 16.7 Å². The van der Waals surface area contributed by atoms with E-state index in [9.17, 15) is 19.5 Å². The summed E-state index contributed by atoms with van der Waals surface area (Å²) in [5, 5.41) is 22.7. The standard InChI is InChI=1S/C27H32N4O6/c1-3-7-24(33)36-18-37-26(35)27(2,17-32)15-22(29-25(34)23-16-28-31-30-23)14-19-10-12-21(13-11-19)20-8-5-4-6-9-20/h4-6,8-13,16,22,32H,3,7,14-15,17-18H2,1-2H3,(H,29,34)(H,28,30,31)/t22-,27?/m1/s1. The van der Waals surface area contributed by atoms with Crippen molar-refractivity contribution in [2.45, 2.75) is 45.6 Å². The summed E-state index contributed by atoms with van der Waals surface area (Å²) >= 11 is 0. The first kappa shape index (κ1) is 27.5. The third kappa shape index (κ3) is 7.97. The lowest BCUT2D eigenvalue weighted by Crippen LogP contribution is -2.45. The number of esters is 2. The van der Waals surface area contributed by atoms with Gasteiger partial charge in [-0.15, -0.1) is 5.10 Å². The van der Waals surface area contributed by atoms with Crippen LogP contribution in [0.3, 0.4) is 0 Å². The number of amides is 1. The molecule has 3 rings (SSSR count). The fourth-order valence-electron chi connectivity index (χ4n) is 3.85. The molecule has 10 heteroatoms. The molecular formula is C27H32N4O6. The first-order valence-corrected chi connectivity index (χ1v) is 12.1. The van der Waals surface area contributed by atoms with Gasteiger partial charge in [0.25, 0.3) is 5.91 Å². The van der Waals surface area contributed by atoms with Gasteiger partial charge in [0.2, 0.25) is 6.79 Å². The molecule has 1 unspecified atom stereocenters. The van der Waals surface area contributed by atoms with E-state index in [0.29, 0.717) is 12.8 Å². The maximum Gasteiger partial charge on any atom is 0.317 e. The first-order chi connectivity index (χ1) is 17.8.